The standard InChI is InChI=1S/C22H22F3N3O3/c1-30-16-10-8-13(9-11-16)20(29)27-15-5-2-4-14(12-15)26-17-6-3-7-18-19(17)28-21(31-18)22(23,24)25/h3,6-11,14-15,26H,2,4-5,12H2,1H3,(H,27,29)/t14-,15+/m0/s1. The molecule has 3 aromatic rings. The number of alkyl halides is 3. The van der Waals surface area contributed by atoms with E-state index in [2.05, 4.69) is 15.6 Å². The summed E-state index contributed by atoms with van der Waals surface area (Å²) < 4.78 is 48.8. The fraction of sp³-hybridized carbons (Fsp3) is 0.364. The summed E-state index contributed by atoms with van der Waals surface area (Å²) in [7, 11) is 1.56. The molecule has 0 saturated heterocycles. The number of ether oxygens (including phenoxy) is 1. The SMILES string of the molecule is COc1ccc(C(=O)N[C@@H]2CCC[C@H](Nc3cccc4oc(C(F)(F)F)nc34)C2)cc1. The van der Waals surface area contributed by atoms with E-state index in [0.29, 0.717) is 23.4 Å². The van der Waals surface area contributed by atoms with Crippen LogP contribution >= 0.6 is 0 Å². The molecule has 1 aliphatic rings. The molecule has 4 rings (SSSR count). The van der Waals surface area contributed by atoms with Gasteiger partial charge in [-0.25, -0.2) is 4.98 Å². The molecule has 164 valence electrons. The number of halogens is 3. The van der Waals surface area contributed by atoms with Crippen LogP contribution in [0.4, 0.5) is 18.9 Å². The van der Waals surface area contributed by atoms with Crippen molar-refractivity contribution in [3.63, 3.8) is 0 Å². The first kappa shape index (κ1) is 21.0. The van der Waals surface area contributed by atoms with Crippen LogP contribution in [0.25, 0.3) is 11.1 Å². The number of oxazole rings is 1. The Kier molecular flexibility index (Phi) is 5.75. The Morgan fingerprint density at radius 2 is 1.87 bits per heavy atom. The van der Waals surface area contributed by atoms with Gasteiger partial charge in [-0.1, -0.05) is 6.07 Å². The summed E-state index contributed by atoms with van der Waals surface area (Å²) >= 11 is 0. The van der Waals surface area contributed by atoms with Crippen LogP contribution in [0, 0.1) is 0 Å². The smallest absolute Gasteiger partial charge is 0.468 e. The van der Waals surface area contributed by atoms with E-state index in [1.165, 1.54) is 6.07 Å². The van der Waals surface area contributed by atoms with Crippen LogP contribution in [0.3, 0.4) is 0 Å². The number of benzene rings is 2. The van der Waals surface area contributed by atoms with Gasteiger partial charge < -0.3 is 19.8 Å². The lowest BCUT2D eigenvalue weighted by Crippen LogP contribution is -2.41. The van der Waals surface area contributed by atoms with Crippen molar-refractivity contribution in [2.45, 2.75) is 43.9 Å². The molecule has 1 heterocycles. The molecule has 1 aliphatic carbocycles. The average Bonchev–Trinajstić information content (AvgIpc) is 3.20. The predicted octanol–water partition coefficient (Wildman–Crippen LogP) is 5.01. The lowest BCUT2D eigenvalue weighted by atomic mass is 9.90. The van der Waals surface area contributed by atoms with Crippen molar-refractivity contribution in [2.75, 3.05) is 12.4 Å². The van der Waals surface area contributed by atoms with Gasteiger partial charge in [0, 0.05) is 17.6 Å². The van der Waals surface area contributed by atoms with E-state index >= 15 is 0 Å². The van der Waals surface area contributed by atoms with Crippen LogP contribution in [0.15, 0.2) is 46.9 Å². The van der Waals surface area contributed by atoms with Crippen molar-refractivity contribution < 1.29 is 27.1 Å². The number of carbonyl (C=O) groups is 1. The summed E-state index contributed by atoms with van der Waals surface area (Å²) in [5.41, 5.74) is 1.27. The number of rotatable bonds is 5. The van der Waals surface area contributed by atoms with Gasteiger partial charge in [0.2, 0.25) is 0 Å². The number of hydrogen-bond acceptors (Lipinski definition) is 5. The Labute approximate surface area is 176 Å². The molecule has 2 aromatic carbocycles. The molecule has 0 bridgehead atoms. The van der Waals surface area contributed by atoms with Crippen LogP contribution in [0.2, 0.25) is 0 Å². The second-order valence-corrected chi connectivity index (χ2v) is 7.58. The number of carbonyl (C=O) groups excluding carboxylic acids is 1. The van der Waals surface area contributed by atoms with Crippen molar-refractivity contribution in [3.05, 3.63) is 53.9 Å². The van der Waals surface area contributed by atoms with Crippen molar-refractivity contribution >= 4 is 22.7 Å². The van der Waals surface area contributed by atoms with Crippen LogP contribution in [0.1, 0.15) is 41.9 Å². The van der Waals surface area contributed by atoms with Gasteiger partial charge in [0.25, 0.3) is 5.91 Å². The maximum atomic E-state index is 12.9. The molecule has 2 N–H and O–H groups in total. The van der Waals surface area contributed by atoms with E-state index in [0.717, 1.165) is 19.3 Å². The molecule has 1 aromatic heterocycles. The number of amides is 1. The molecule has 0 aliphatic heterocycles. The summed E-state index contributed by atoms with van der Waals surface area (Å²) in [5.74, 6) is -0.749. The van der Waals surface area contributed by atoms with E-state index in [1.807, 2.05) is 0 Å². The first-order chi connectivity index (χ1) is 14.8. The third-order valence-corrected chi connectivity index (χ3v) is 5.38. The van der Waals surface area contributed by atoms with Crippen LogP contribution in [0.5, 0.6) is 5.75 Å². The van der Waals surface area contributed by atoms with Crippen LogP contribution in [-0.2, 0) is 6.18 Å². The predicted molar refractivity (Wildman–Crippen MR) is 109 cm³/mol. The lowest BCUT2D eigenvalue weighted by molar-refractivity contribution is -0.156. The summed E-state index contributed by atoms with van der Waals surface area (Å²) in [5, 5.41) is 6.34. The molecule has 2 atom stereocenters. The van der Waals surface area contributed by atoms with E-state index < -0.39 is 12.1 Å². The molecule has 0 unspecified atom stereocenters. The van der Waals surface area contributed by atoms with Crippen molar-refractivity contribution in [1.29, 1.82) is 0 Å². The number of methoxy groups -OCH3 is 1. The third kappa shape index (κ3) is 4.76. The van der Waals surface area contributed by atoms with E-state index in [-0.39, 0.29) is 29.1 Å². The Bertz CT molecular complexity index is 1060. The second-order valence-electron chi connectivity index (χ2n) is 7.58. The van der Waals surface area contributed by atoms with Gasteiger partial charge >= 0.3 is 12.1 Å². The summed E-state index contributed by atoms with van der Waals surface area (Å²) in [6.45, 7) is 0. The molecule has 0 spiro atoms. The van der Waals surface area contributed by atoms with Gasteiger partial charge in [-0.15, -0.1) is 0 Å². The fourth-order valence-electron chi connectivity index (χ4n) is 3.87. The lowest BCUT2D eigenvalue weighted by Gasteiger charge is -2.31. The van der Waals surface area contributed by atoms with E-state index in [4.69, 9.17) is 9.15 Å². The topological polar surface area (TPSA) is 76.4 Å². The van der Waals surface area contributed by atoms with Gasteiger partial charge in [0.05, 0.1) is 12.8 Å². The number of hydrogen-bond donors (Lipinski definition) is 2. The minimum Gasteiger partial charge on any atom is -0.497 e. The largest absolute Gasteiger partial charge is 0.497 e. The van der Waals surface area contributed by atoms with E-state index in [9.17, 15) is 18.0 Å². The highest BCUT2D eigenvalue weighted by molar-refractivity contribution is 5.94. The Morgan fingerprint density at radius 3 is 2.58 bits per heavy atom. The van der Waals surface area contributed by atoms with Gasteiger partial charge in [-0.05, 0) is 62.1 Å². The summed E-state index contributed by atoms with van der Waals surface area (Å²) in [4.78, 5) is 16.2. The molecule has 6 nitrogen and oxygen atoms in total. The zero-order chi connectivity index (χ0) is 22.0. The first-order valence-electron chi connectivity index (χ1n) is 10.0. The van der Waals surface area contributed by atoms with Crippen molar-refractivity contribution in [1.82, 2.24) is 10.3 Å². The third-order valence-electron chi connectivity index (χ3n) is 5.38. The zero-order valence-corrected chi connectivity index (χ0v) is 16.8. The van der Waals surface area contributed by atoms with Crippen molar-refractivity contribution in [2.24, 2.45) is 0 Å². The Hall–Kier alpha value is -3.23. The minimum atomic E-state index is -4.64. The van der Waals surface area contributed by atoms with Gasteiger partial charge in [-0.2, -0.15) is 13.2 Å². The molecule has 1 saturated carbocycles. The van der Waals surface area contributed by atoms with Crippen LogP contribution in [-0.4, -0.2) is 30.1 Å². The molecular formula is C22H22F3N3O3. The number of nitrogens with one attached hydrogen (secondary N) is 2. The summed E-state index contributed by atoms with van der Waals surface area (Å²) in [6.07, 6.45) is -1.42. The number of para-hydroxylation sites is 1. The van der Waals surface area contributed by atoms with Crippen LogP contribution < -0.4 is 15.4 Å². The second kappa shape index (κ2) is 8.49. The first-order valence-corrected chi connectivity index (χ1v) is 10.0. The highest BCUT2D eigenvalue weighted by Gasteiger charge is 2.38. The highest BCUT2D eigenvalue weighted by atomic mass is 19.4. The quantitative estimate of drug-likeness (QED) is 0.592. The number of nitrogens with zero attached hydrogens (tertiary/aromatic N) is 1. The monoisotopic (exact) mass is 433 g/mol. The minimum absolute atomic E-state index is 0.00782. The zero-order valence-electron chi connectivity index (χ0n) is 16.8. The normalized spacial score (nSPS) is 19.2. The maximum absolute atomic E-state index is 12.9. The van der Waals surface area contributed by atoms with Gasteiger partial charge in [0.1, 0.15) is 11.3 Å². The van der Waals surface area contributed by atoms with Gasteiger partial charge in [-0.3, -0.25) is 4.79 Å². The van der Waals surface area contributed by atoms with Gasteiger partial charge in [0.15, 0.2) is 5.58 Å². The molecule has 31 heavy (non-hydrogen) atoms. The van der Waals surface area contributed by atoms with Crippen molar-refractivity contribution in [3.8, 4) is 5.75 Å². The average molecular weight is 433 g/mol. The molecule has 1 fully saturated rings. The molecule has 1 amide bonds. The maximum Gasteiger partial charge on any atom is 0.468 e. The molecule has 0 radical (unpaired) electrons. The fourth-order valence-corrected chi connectivity index (χ4v) is 3.87. The number of anilines is 1. The number of aromatic nitrogens is 1. The van der Waals surface area contributed by atoms with E-state index in [1.54, 1.807) is 43.5 Å². The molecular weight excluding hydrogens is 411 g/mol. The molecule has 9 heteroatoms. The Morgan fingerprint density at radius 1 is 1.13 bits per heavy atom. The number of fused-ring (bicyclic) bond motifs is 1. The Balaban J connectivity index is 1.43. The highest BCUT2D eigenvalue weighted by Crippen LogP contribution is 2.34. The summed E-state index contributed by atoms with van der Waals surface area (Å²) in [6, 6.07) is 11.6.